The Balaban J connectivity index is 4.47. The lowest BCUT2D eigenvalue weighted by Gasteiger charge is -2.18. The number of hydrogen-bond acceptors (Lipinski definition) is 6. The van der Waals surface area contributed by atoms with E-state index in [2.05, 4.69) is 167 Å². The van der Waals surface area contributed by atoms with Gasteiger partial charge in [-0.25, -0.2) is 0 Å². The van der Waals surface area contributed by atoms with Crippen LogP contribution in [0, 0.1) is 0 Å². The van der Waals surface area contributed by atoms with Crippen molar-refractivity contribution in [3.8, 4) is 0 Å². The van der Waals surface area contributed by atoms with Crippen molar-refractivity contribution in [1.82, 2.24) is 0 Å². The maximum Gasteiger partial charge on any atom is 0.306 e. The SMILES string of the molecule is CC/C=C\C/C=C\C/C=C\C/C=C\C/C=C\CCCCCCCCCCCC(=O)OCC(COC(=O)CCC/C=C\C/C=C\C/C=C\C/C=C\C/C=C\CC)OC(=O)CCCCCCCCC/C=C\C/C=C\CCCCCC. The lowest BCUT2D eigenvalue weighted by atomic mass is 10.1. The number of carbonyl (C=O) groups is 3. The van der Waals surface area contributed by atoms with Crippen molar-refractivity contribution >= 4 is 17.9 Å². The second kappa shape index (κ2) is 64.8. The molecule has 0 heterocycles. The molecule has 0 fully saturated rings. The van der Waals surface area contributed by atoms with Crippen LogP contribution >= 0.6 is 0 Å². The molecule has 0 aliphatic rings. The normalized spacial score (nSPS) is 13.1. The van der Waals surface area contributed by atoms with Crippen molar-refractivity contribution < 1.29 is 28.6 Å². The molecule has 1 atom stereocenters. The van der Waals surface area contributed by atoms with Gasteiger partial charge in [-0.3, -0.25) is 14.4 Å². The molecule has 1 unspecified atom stereocenters. The lowest BCUT2D eigenvalue weighted by molar-refractivity contribution is -0.167. The molecule has 78 heavy (non-hydrogen) atoms. The van der Waals surface area contributed by atoms with Gasteiger partial charge in [-0.2, -0.15) is 0 Å². The number of allylic oxidation sites excluding steroid dienone is 24. The fourth-order valence-electron chi connectivity index (χ4n) is 8.36. The van der Waals surface area contributed by atoms with Gasteiger partial charge in [0.2, 0.25) is 0 Å². The Bertz CT molecular complexity index is 1710. The molecule has 0 amide bonds. The molecule has 0 saturated carbocycles. The van der Waals surface area contributed by atoms with E-state index in [1.165, 1.54) is 96.3 Å². The van der Waals surface area contributed by atoms with Gasteiger partial charge < -0.3 is 14.2 Å². The van der Waals surface area contributed by atoms with Crippen LogP contribution in [-0.4, -0.2) is 37.2 Å². The summed E-state index contributed by atoms with van der Waals surface area (Å²) in [6, 6.07) is 0. The highest BCUT2D eigenvalue weighted by atomic mass is 16.6. The molecule has 6 nitrogen and oxygen atoms in total. The summed E-state index contributed by atoms with van der Waals surface area (Å²) in [4.78, 5) is 38.3. The number of ether oxygens (including phenoxy) is 3. The first-order valence-corrected chi connectivity index (χ1v) is 31.8. The van der Waals surface area contributed by atoms with Gasteiger partial charge in [0.15, 0.2) is 6.10 Å². The summed E-state index contributed by atoms with van der Waals surface area (Å²) in [5.41, 5.74) is 0. The summed E-state index contributed by atoms with van der Waals surface area (Å²) >= 11 is 0. The Morgan fingerprint density at radius 1 is 0.269 bits per heavy atom. The minimum absolute atomic E-state index is 0.107. The molecule has 0 aromatic rings. The van der Waals surface area contributed by atoms with E-state index in [1.54, 1.807) is 0 Å². The van der Waals surface area contributed by atoms with Crippen LogP contribution < -0.4 is 0 Å². The topological polar surface area (TPSA) is 78.9 Å². The quantitative estimate of drug-likeness (QED) is 0.0261. The van der Waals surface area contributed by atoms with E-state index in [-0.39, 0.29) is 37.5 Å². The first-order valence-electron chi connectivity index (χ1n) is 31.8. The zero-order valence-corrected chi connectivity index (χ0v) is 50.4. The average Bonchev–Trinajstić information content (AvgIpc) is 3.44. The summed E-state index contributed by atoms with van der Waals surface area (Å²) in [5.74, 6) is -0.981. The van der Waals surface area contributed by atoms with Crippen LogP contribution in [0.5, 0.6) is 0 Å². The Kier molecular flexibility index (Phi) is 60.9. The van der Waals surface area contributed by atoms with E-state index in [4.69, 9.17) is 14.2 Å². The van der Waals surface area contributed by atoms with Crippen molar-refractivity contribution in [2.45, 2.75) is 277 Å². The smallest absolute Gasteiger partial charge is 0.306 e. The van der Waals surface area contributed by atoms with Crippen LogP contribution in [0.2, 0.25) is 0 Å². The Morgan fingerprint density at radius 2 is 0.513 bits per heavy atom. The highest BCUT2D eigenvalue weighted by Gasteiger charge is 2.19. The number of carbonyl (C=O) groups excluding carboxylic acids is 3. The molecule has 0 N–H and O–H groups in total. The minimum atomic E-state index is -0.816. The fourth-order valence-corrected chi connectivity index (χ4v) is 8.36. The van der Waals surface area contributed by atoms with Crippen molar-refractivity contribution in [2.75, 3.05) is 13.2 Å². The van der Waals surface area contributed by atoms with E-state index in [0.29, 0.717) is 19.3 Å². The monoisotopic (exact) mass is 1080 g/mol. The molecule has 0 aliphatic carbocycles. The molecule has 0 aromatic heterocycles. The highest BCUT2D eigenvalue weighted by Crippen LogP contribution is 2.15. The van der Waals surface area contributed by atoms with Crippen molar-refractivity contribution in [3.63, 3.8) is 0 Å². The largest absolute Gasteiger partial charge is 0.462 e. The van der Waals surface area contributed by atoms with Crippen molar-refractivity contribution in [3.05, 3.63) is 146 Å². The van der Waals surface area contributed by atoms with E-state index >= 15 is 0 Å². The maximum atomic E-state index is 12.9. The number of esters is 3. The molecular weight excluding hydrogens is 961 g/mol. The summed E-state index contributed by atoms with van der Waals surface area (Å²) in [6.45, 7) is 6.34. The Labute approximate surface area is 480 Å². The molecule has 0 spiro atoms. The number of hydrogen-bond donors (Lipinski definition) is 0. The van der Waals surface area contributed by atoms with Crippen LogP contribution in [-0.2, 0) is 28.6 Å². The molecule has 0 aromatic carbocycles. The standard InChI is InChI=1S/C72H116O6/c1-4-7-10-13-16-19-22-25-28-31-33-34-35-36-37-38-39-42-44-47-50-53-56-59-62-65-71(74)77-68-69(67-76-70(73)64-61-58-55-52-49-46-43-40-30-27-24-21-18-15-12-9-6-3)78-72(75)66-63-60-57-54-51-48-45-41-32-29-26-23-20-17-14-11-8-5-2/h7,9-10,12,16,18-21,23,25,27-30,32-34,36-37,43,46,52,55,69H,4-6,8,11,13-15,17,22,24,26,31,35,38-42,44-45,47-51,53-54,56-68H2,1-3H3/b10-7-,12-9-,19-16-,21-18-,23-20-,28-25-,30-27-,32-29-,34-33-,37-36-,46-43-,55-52-. The van der Waals surface area contributed by atoms with E-state index < -0.39 is 6.10 Å². The van der Waals surface area contributed by atoms with Gasteiger partial charge in [-0.05, 0) is 135 Å². The molecular formula is C72H116O6. The minimum Gasteiger partial charge on any atom is -0.462 e. The van der Waals surface area contributed by atoms with Gasteiger partial charge >= 0.3 is 17.9 Å². The number of rotatable bonds is 56. The molecule has 6 heteroatoms. The predicted octanol–water partition coefficient (Wildman–Crippen LogP) is 21.9. The average molecular weight is 1080 g/mol. The fraction of sp³-hybridized carbons (Fsp3) is 0.625. The predicted molar refractivity (Wildman–Crippen MR) is 339 cm³/mol. The summed E-state index contributed by atoms with van der Waals surface area (Å²) in [7, 11) is 0. The second-order valence-corrected chi connectivity index (χ2v) is 20.5. The Morgan fingerprint density at radius 3 is 0.833 bits per heavy atom. The zero-order valence-electron chi connectivity index (χ0n) is 50.4. The second-order valence-electron chi connectivity index (χ2n) is 20.5. The maximum absolute atomic E-state index is 12.9. The molecule has 0 aliphatic heterocycles. The van der Waals surface area contributed by atoms with Gasteiger partial charge in [0, 0.05) is 19.3 Å². The highest BCUT2D eigenvalue weighted by molar-refractivity contribution is 5.71. The van der Waals surface area contributed by atoms with Gasteiger partial charge in [0.1, 0.15) is 13.2 Å². The van der Waals surface area contributed by atoms with Gasteiger partial charge in [0.25, 0.3) is 0 Å². The molecule has 0 rings (SSSR count). The van der Waals surface area contributed by atoms with E-state index in [0.717, 1.165) is 128 Å². The van der Waals surface area contributed by atoms with Crippen LogP contribution in [0.3, 0.4) is 0 Å². The molecule has 0 bridgehead atoms. The Hall–Kier alpha value is -4.71. The summed E-state index contributed by atoms with van der Waals surface area (Å²) in [5, 5.41) is 0. The first kappa shape index (κ1) is 73.3. The third-order valence-corrected chi connectivity index (χ3v) is 13.1. The molecule has 440 valence electrons. The van der Waals surface area contributed by atoms with Gasteiger partial charge in [0.05, 0.1) is 0 Å². The summed E-state index contributed by atoms with van der Waals surface area (Å²) in [6.07, 6.45) is 92.8. The third-order valence-electron chi connectivity index (χ3n) is 13.1. The third kappa shape index (κ3) is 62.1. The molecule has 0 saturated heterocycles. The van der Waals surface area contributed by atoms with Crippen LogP contribution in [0.25, 0.3) is 0 Å². The van der Waals surface area contributed by atoms with Gasteiger partial charge in [-0.1, -0.05) is 263 Å². The van der Waals surface area contributed by atoms with Crippen LogP contribution in [0.4, 0.5) is 0 Å². The number of unbranched alkanes of at least 4 members (excludes halogenated alkanes) is 21. The van der Waals surface area contributed by atoms with Crippen molar-refractivity contribution in [1.29, 1.82) is 0 Å². The van der Waals surface area contributed by atoms with E-state index in [9.17, 15) is 14.4 Å². The first-order chi connectivity index (χ1) is 38.5. The van der Waals surface area contributed by atoms with Crippen molar-refractivity contribution in [2.24, 2.45) is 0 Å². The zero-order chi connectivity index (χ0) is 56.4. The van der Waals surface area contributed by atoms with Crippen LogP contribution in [0.15, 0.2) is 146 Å². The lowest BCUT2D eigenvalue weighted by Crippen LogP contribution is -2.30. The van der Waals surface area contributed by atoms with E-state index in [1.807, 2.05) is 0 Å². The summed E-state index contributed by atoms with van der Waals surface area (Å²) < 4.78 is 16.9. The molecule has 0 radical (unpaired) electrons. The van der Waals surface area contributed by atoms with Gasteiger partial charge in [-0.15, -0.1) is 0 Å². The van der Waals surface area contributed by atoms with Crippen LogP contribution in [0.1, 0.15) is 271 Å².